The van der Waals surface area contributed by atoms with Crippen LogP contribution in [0.15, 0.2) is 30.3 Å². The molecule has 0 atom stereocenters. The zero-order valence-electron chi connectivity index (χ0n) is 7.18. The van der Waals surface area contributed by atoms with E-state index in [1.54, 1.807) is 24.3 Å². The van der Waals surface area contributed by atoms with E-state index in [0.29, 0.717) is 16.1 Å². The molecule has 0 saturated carbocycles. The minimum Gasteiger partial charge on any atom is -0.423 e. The Bertz CT molecular complexity index is 475. The van der Waals surface area contributed by atoms with Crippen LogP contribution in [0.1, 0.15) is 0 Å². The lowest BCUT2D eigenvalue weighted by Crippen LogP contribution is -2.29. The second-order valence-electron chi connectivity index (χ2n) is 2.96. The molecule has 2 N–H and O–H groups in total. The fraction of sp³-hybridized carbons (Fsp3) is 0. The Balaban J connectivity index is 2.63. The summed E-state index contributed by atoms with van der Waals surface area (Å²) in [6, 6.07) is 8.54. The third-order valence-electron chi connectivity index (χ3n) is 1.98. The lowest BCUT2D eigenvalue weighted by Gasteiger charge is -2.01. The van der Waals surface area contributed by atoms with Crippen molar-refractivity contribution in [1.82, 2.24) is 4.98 Å². The van der Waals surface area contributed by atoms with Crippen LogP contribution < -0.4 is 5.46 Å². The highest BCUT2D eigenvalue weighted by Gasteiger charge is 2.11. The van der Waals surface area contributed by atoms with Crippen LogP contribution in [-0.2, 0) is 0 Å². The third kappa shape index (κ3) is 1.72. The average Bonchev–Trinajstić information content (AvgIpc) is 2.16. The van der Waals surface area contributed by atoms with E-state index in [9.17, 15) is 0 Å². The number of benzene rings is 1. The third-order valence-corrected chi connectivity index (χ3v) is 2.19. The predicted molar refractivity (Wildman–Crippen MR) is 56.6 cm³/mol. The van der Waals surface area contributed by atoms with Gasteiger partial charge in [-0.15, -0.1) is 0 Å². The van der Waals surface area contributed by atoms with Crippen LogP contribution in [-0.4, -0.2) is 22.2 Å². The van der Waals surface area contributed by atoms with Crippen molar-refractivity contribution in [3.63, 3.8) is 0 Å². The minimum absolute atomic E-state index is 0.391. The van der Waals surface area contributed by atoms with Gasteiger partial charge in [0.1, 0.15) is 5.15 Å². The zero-order chi connectivity index (χ0) is 10.1. The zero-order valence-corrected chi connectivity index (χ0v) is 7.94. The molecule has 0 fully saturated rings. The summed E-state index contributed by atoms with van der Waals surface area (Å²) in [6.07, 6.45) is 0. The summed E-state index contributed by atoms with van der Waals surface area (Å²) in [4.78, 5) is 4.06. The molecule has 2 rings (SSSR count). The highest BCUT2D eigenvalue weighted by atomic mass is 35.5. The summed E-state index contributed by atoms with van der Waals surface area (Å²) < 4.78 is 0. The molecule has 0 unspecified atom stereocenters. The molecule has 0 bridgehead atoms. The largest absolute Gasteiger partial charge is 0.488 e. The fourth-order valence-electron chi connectivity index (χ4n) is 1.27. The highest BCUT2D eigenvalue weighted by molar-refractivity contribution is 6.58. The Labute approximate surface area is 86.1 Å². The van der Waals surface area contributed by atoms with E-state index in [2.05, 4.69) is 4.98 Å². The Morgan fingerprint density at radius 1 is 1.14 bits per heavy atom. The number of hydrogen-bond donors (Lipinski definition) is 2. The Morgan fingerprint density at radius 3 is 2.57 bits per heavy atom. The van der Waals surface area contributed by atoms with Crippen molar-refractivity contribution >= 4 is 35.1 Å². The van der Waals surface area contributed by atoms with Gasteiger partial charge in [0.25, 0.3) is 0 Å². The lowest BCUT2D eigenvalue weighted by molar-refractivity contribution is 0.426. The van der Waals surface area contributed by atoms with Crippen LogP contribution in [0.4, 0.5) is 0 Å². The quantitative estimate of drug-likeness (QED) is 0.531. The van der Waals surface area contributed by atoms with Gasteiger partial charge >= 0.3 is 7.12 Å². The number of fused-ring (bicyclic) bond motifs is 1. The average molecular weight is 207 g/mol. The molecule has 2 aromatic rings. The second-order valence-corrected chi connectivity index (χ2v) is 3.35. The molecular formula is C9H7BClNO2. The Kier molecular flexibility index (Phi) is 2.41. The smallest absolute Gasteiger partial charge is 0.423 e. The van der Waals surface area contributed by atoms with Crippen molar-refractivity contribution in [3.05, 3.63) is 35.5 Å². The summed E-state index contributed by atoms with van der Waals surface area (Å²) in [7, 11) is -1.47. The van der Waals surface area contributed by atoms with E-state index >= 15 is 0 Å². The Hall–Kier alpha value is -1.10. The summed E-state index contributed by atoms with van der Waals surface area (Å²) in [5.74, 6) is 0. The highest BCUT2D eigenvalue weighted by Crippen LogP contribution is 2.13. The summed E-state index contributed by atoms with van der Waals surface area (Å²) in [5, 5.41) is 19.2. The van der Waals surface area contributed by atoms with Crippen LogP contribution in [0.3, 0.4) is 0 Å². The standard InChI is InChI=1S/C9H7BClNO2/c11-9-4-2-6-1-3-7(10(13)14)5-8(6)12-9/h1-5,13-14H. The van der Waals surface area contributed by atoms with E-state index in [4.69, 9.17) is 21.6 Å². The van der Waals surface area contributed by atoms with Crippen LogP contribution in [0.25, 0.3) is 10.9 Å². The molecule has 5 heteroatoms. The number of aromatic nitrogens is 1. The van der Waals surface area contributed by atoms with Crippen molar-refractivity contribution in [2.75, 3.05) is 0 Å². The molecule has 0 aliphatic rings. The van der Waals surface area contributed by atoms with Gasteiger partial charge in [-0.3, -0.25) is 0 Å². The molecular weight excluding hydrogens is 200 g/mol. The number of halogens is 1. The second kappa shape index (κ2) is 3.57. The van der Waals surface area contributed by atoms with E-state index in [1.165, 1.54) is 0 Å². The molecule has 0 amide bonds. The van der Waals surface area contributed by atoms with Crippen molar-refractivity contribution in [2.45, 2.75) is 0 Å². The molecule has 0 aliphatic heterocycles. The molecule has 70 valence electrons. The van der Waals surface area contributed by atoms with Gasteiger partial charge in [-0.1, -0.05) is 23.7 Å². The fourth-order valence-corrected chi connectivity index (χ4v) is 1.42. The van der Waals surface area contributed by atoms with Gasteiger partial charge in [-0.05, 0) is 23.7 Å². The van der Waals surface area contributed by atoms with Gasteiger partial charge in [0, 0.05) is 5.39 Å². The van der Waals surface area contributed by atoms with Gasteiger partial charge in [0.05, 0.1) is 5.52 Å². The van der Waals surface area contributed by atoms with Crippen LogP contribution in [0, 0.1) is 0 Å². The minimum atomic E-state index is -1.47. The van der Waals surface area contributed by atoms with Gasteiger partial charge in [0.2, 0.25) is 0 Å². The molecule has 1 aromatic carbocycles. The molecule has 0 spiro atoms. The number of pyridine rings is 1. The van der Waals surface area contributed by atoms with Gasteiger partial charge in [-0.2, -0.15) is 0 Å². The van der Waals surface area contributed by atoms with Crippen molar-refractivity contribution in [1.29, 1.82) is 0 Å². The molecule has 0 aliphatic carbocycles. The number of rotatable bonds is 1. The van der Waals surface area contributed by atoms with E-state index in [1.807, 2.05) is 6.07 Å². The first-order chi connectivity index (χ1) is 6.66. The van der Waals surface area contributed by atoms with Crippen molar-refractivity contribution in [2.24, 2.45) is 0 Å². The van der Waals surface area contributed by atoms with E-state index in [-0.39, 0.29) is 0 Å². The van der Waals surface area contributed by atoms with Crippen molar-refractivity contribution < 1.29 is 10.0 Å². The number of nitrogens with zero attached hydrogens (tertiary/aromatic N) is 1. The molecule has 0 saturated heterocycles. The first-order valence-electron chi connectivity index (χ1n) is 4.09. The summed E-state index contributed by atoms with van der Waals surface area (Å²) >= 11 is 5.71. The van der Waals surface area contributed by atoms with Crippen LogP contribution in [0.2, 0.25) is 5.15 Å². The van der Waals surface area contributed by atoms with Gasteiger partial charge in [-0.25, -0.2) is 4.98 Å². The Morgan fingerprint density at radius 2 is 1.86 bits per heavy atom. The maximum Gasteiger partial charge on any atom is 0.488 e. The maximum absolute atomic E-state index is 8.95. The first-order valence-corrected chi connectivity index (χ1v) is 4.47. The van der Waals surface area contributed by atoms with E-state index in [0.717, 1.165) is 5.39 Å². The first kappa shape index (κ1) is 9.46. The van der Waals surface area contributed by atoms with E-state index < -0.39 is 7.12 Å². The SMILES string of the molecule is OB(O)c1ccc2ccc(Cl)nc2c1. The summed E-state index contributed by atoms with van der Waals surface area (Å²) in [5.41, 5.74) is 1.07. The van der Waals surface area contributed by atoms with Crippen LogP contribution in [0.5, 0.6) is 0 Å². The molecule has 14 heavy (non-hydrogen) atoms. The summed E-state index contributed by atoms with van der Waals surface area (Å²) in [6.45, 7) is 0. The molecule has 1 aromatic heterocycles. The predicted octanol–water partition coefficient (Wildman–Crippen LogP) is 0.568. The molecule has 0 radical (unpaired) electrons. The number of hydrogen-bond acceptors (Lipinski definition) is 3. The van der Waals surface area contributed by atoms with Crippen molar-refractivity contribution in [3.8, 4) is 0 Å². The monoisotopic (exact) mass is 207 g/mol. The topological polar surface area (TPSA) is 53.4 Å². The lowest BCUT2D eigenvalue weighted by atomic mass is 9.80. The molecule has 3 nitrogen and oxygen atoms in total. The molecule has 1 heterocycles. The van der Waals surface area contributed by atoms with Crippen LogP contribution >= 0.6 is 11.6 Å². The van der Waals surface area contributed by atoms with Gasteiger partial charge in [0.15, 0.2) is 0 Å². The normalized spacial score (nSPS) is 10.5. The van der Waals surface area contributed by atoms with Gasteiger partial charge < -0.3 is 10.0 Å². The maximum atomic E-state index is 8.95.